The number of rotatable bonds is 5. The molecular weight excluding hydrogens is 498 g/mol. The van der Waals surface area contributed by atoms with Crippen molar-refractivity contribution in [2.75, 3.05) is 4.90 Å². The van der Waals surface area contributed by atoms with Crippen molar-refractivity contribution >= 4 is 17.6 Å². The molecule has 10 heteroatoms. The van der Waals surface area contributed by atoms with Crippen molar-refractivity contribution in [2.24, 2.45) is 0 Å². The van der Waals surface area contributed by atoms with Gasteiger partial charge >= 0.3 is 18.4 Å². The van der Waals surface area contributed by atoms with E-state index in [1.807, 2.05) is 42.5 Å². The molecule has 0 saturated carbocycles. The van der Waals surface area contributed by atoms with Crippen molar-refractivity contribution in [2.45, 2.75) is 44.7 Å². The lowest BCUT2D eigenvalue weighted by Crippen LogP contribution is -2.43. The first kappa shape index (κ1) is 26.2. The number of carbonyl (C=O) groups is 2. The first-order chi connectivity index (χ1) is 17.2. The Balaban J connectivity index is 1.72. The lowest BCUT2D eigenvalue weighted by molar-refractivity contribution is -0.143. The van der Waals surface area contributed by atoms with Gasteiger partial charge in [-0.3, -0.25) is 4.79 Å². The summed E-state index contributed by atoms with van der Waals surface area (Å²) in [5.74, 6) is -0.925. The van der Waals surface area contributed by atoms with Crippen molar-refractivity contribution in [3.63, 3.8) is 0 Å². The highest BCUT2D eigenvalue weighted by atomic mass is 19.4. The van der Waals surface area contributed by atoms with Gasteiger partial charge in [-0.15, -0.1) is 0 Å². The summed E-state index contributed by atoms with van der Waals surface area (Å²) in [5.41, 5.74) is -2.97. The van der Waals surface area contributed by atoms with E-state index in [-0.39, 0.29) is 12.6 Å². The molecule has 1 saturated heterocycles. The third-order valence-corrected chi connectivity index (χ3v) is 6.34. The molecule has 0 bridgehead atoms. The summed E-state index contributed by atoms with van der Waals surface area (Å²) in [6.45, 7) is 2.75. The van der Waals surface area contributed by atoms with Gasteiger partial charge < -0.3 is 4.90 Å². The van der Waals surface area contributed by atoms with Gasteiger partial charge in [0.05, 0.1) is 16.8 Å². The molecule has 0 radical (unpaired) electrons. The largest absolute Gasteiger partial charge is 0.416 e. The van der Waals surface area contributed by atoms with Crippen LogP contribution in [0.5, 0.6) is 0 Å². The predicted octanol–water partition coefficient (Wildman–Crippen LogP) is 7.06. The number of amides is 3. The van der Waals surface area contributed by atoms with Crippen LogP contribution in [0.4, 0.5) is 36.8 Å². The fourth-order valence-electron chi connectivity index (χ4n) is 4.27. The Morgan fingerprint density at radius 2 is 1.24 bits per heavy atom. The Bertz CT molecular complexity index is 1300. The van der Waals surface area contributed by atoms with Gasteiger partial charge in [0.2, 0.25) is 0 Å². The van der Waals surface area contributed by atoms with Crippen LogP contribution >= 0.6 is 0 Å². The van der Waals surface area contributed by atoms with Crippen LogP contribution in [0.3, 0.4) is 0 Å². The van der Waals surface area contributed by atoms with Crippen LogP contribution in [0.25, 0.3) is 0 Å². The number of alkyl halides is 6. The molecule has 0 atom stereocenters. The standard InChI is InChI=1S/C27H22F6N2O2/c1-25(2)23(36)35(22-14-20(26(28,29)30)13-21(15-22)27(31,32)33)24(37)34(25)16-19-11-7-6-10-18(19)12-17-8-4-3-5-9-17/h3-11,13-15H,12,16H2,1-2H3. The summed E-state index contributed by atoms with van der Waals surface area (Å²) in [4.78, 5) is 28.2. The van der Waals surface area contributed by atoms with E-state index in [9.17, 15) is 35.9 Å². The number of anilines is 1. The molecule has 3 amide bonds. The Morgan fingerprint density at radius 1 is 0.730 bits per heavy atom. The van der Waals surface area contributed by atoms with Gasteiger partial charge in [0.25, 0.3) is 5.91 Å². The second-order valence-corrected chi connectivity index (χ2v) is 9.26. The zero-order valence-electron chi connectivity index (χ0n) is 19.8. The summed E-state index contributed by atoms with van der Waals surface area (Å²) in [5, 5.41) is 0. The Morgan fingerprint density at radius 3 is 1.78 bits per heavy atom. The first-order valence-corrected chi connectivity index (χ1v) is 11.3. The van der Waals surface area contributed by atoms with E-state index in [0.29, 0.717) is 29.0 Å². The number of nitrogens with zero attached hydrogens (tertiary/aromatic N) is 2. The molecule has 0 aromatic heterocycles. The van der Waals surface area contributed by atoms with E-state index in [2.05, 4.69) is 0 Å². The molecule has 1 aliphatic rings. The quantitative estimate of drug-likeness (QED) is 0.267. The van der Waals surface area contributed by atoms with Crippen molar-refractivity contribution in [1.82, 2.24) is 4.90 Å². The highest BCUT2D eigenvalue weighted by molar-refractivity contribution is 6.23. The third kappa shape index (κ3) is 5.19. The minimum absolute atomic E-state index is 0.0444. The van der Waals surface area contributed by atoms with E-state index >= 15 is 0 Å². The summed E-state index contributed by atoms with van der Waals surface area (Å²) in [6.07, 6.45) is -9.71. The maximum absolute atomic E-state index is 13.4. The number of hydrogen-bond acceptors (Lipinski definition) is 2. The topological polar surface area (TPSA) is 40.6 Å². The van der Waals surface area contributed by atoms with Crippen LogP contribution in [-0.2, 0) is 30.1 Å². The molecule has 194 valence electrons. The van der Waals surface area contributed by atoms with Crippen LogP contribution in [0.2, 0.25) is 0 Å². The molecule has 37 heavy (non-hydrogen) atoms. The molecule has 1 fully saturated rings. The predicted molar refractivity (Wildman–Crippen MR) is 125 cm³/mol. The molecule has 4 nitrogen and oxygen atoms in total. The Labute approximate surface area is 209 Å². The summed E-state index contributed by atoms with van der Waals surface area (Å²) >= 11 is 0. The summed E-state index contributed by atoms with van der Waals surface area (Å²) in [7, 11) is 0. The SMILES string of the molecule is CC1(C)C(=O)N(c2cc(C(F)(F)F)cc(C(F)(F)F)c2)C(=O)N1Cc1ccccc1Cc1ccccc1. The molecule has 3 aromatic rings. The van der Waals surface area contributed by atoms with E-state index in [0.717, 1.165) is 16.0 Å². The van der Waals surface area contributed by atoms with Crippen LogP contribution in [0.15, 0.2) is 72.8 Å². The molecule has 0 unspecified atom stereocenters. The number of hydrogen-bond donors (Lipinski definition) is 0. The zero-order chi connectivity index (χ0) is 27.2. The first-order valence-electron chi connectivity index (χ1n) is 11.3. The van der Waals surface area contributed by atoms with Gasteiger partial charge in [0.1, 0.15) is 5.54 Å². The van der Waals surface area contributed by atoms with Crippen LogP contribution in [0, 0.1) is 0 Å². The number of urea groups is 1. The van der Waals surface area contributed by atoms with Gasteiger partial charge in [0, 0.05) is 6.54 Å². The van der Waals surface area contributed by atoms with Crippen LogP contribution < -0.4 is 4.90 Å². The Hall–Kier alpha value is -3.82. The minimum atomic E-state index is -5.12. The van der Waals surface area contributed by atoms with Crippen molar-refractivity contribution < 1.29 is 35.9 Å². The van der Waals surface area contributed by atoms with Gasteiger partial charge in [-0.1, -0.05) is 54.6 Å². The molecular formula is C27H22F6N2O2. The summed E-state index contributed by atoms with van der Waals surface area (Å²) in [6, 6.07) is 16.4. The van der Waals surface area contributed by atoms with Crippen LogP contribution in [0.1, 0.15) is 41.7 Å². The smallest absolute Gasteiger partial charge is 0.305 e. The zero-order valence-corrected chi connectivity index (χ0v) is 19.8. The van der Waals surface area contributed by atoms with Crippen molar-refractivity contribution in [3.05, 3.63) is 101 Å². The minimum Gasteiger partial charge on any atom is -0.305 e. The van der Waals surface area contributed by atoms with Gasteiger partial charge in [-0.05, 0) is 55.2 Å². The second kappa shape index (κ2) is 9.24. The van der Waals surface area contributed by atoms with Crippen LogP contribution in [-0.4, -0.2) is 22.4 Å². The van der Waals surface area contributed by atoms with E-state index < -0.39 is 46.6 Å². The molecule has 3 aromatic carbocycles. The normalized spacial score (nSPS) is 16.0. The number of halogens is 6. The van der Waals surface area contributed by atoms with Crippen molar-refractivity contribution in [1.29, 1.82) is 0 Å². The van der Waals surface area contributed by atoms with E-state index in [4.69, 9.17) is 0 Å². The van der Waals surface area contributed by atoms with Gasteiger partial charge in [-0.2, -0.15) is 26.3 Å². The maximum atomic E-state index is 13.4. The molecule has 1 heterocycles. The van der Waals surface area contributed by atoms with Crippen molar-refractivity contribution in [3.8, 4) is 0 Å². The highest BCUT2D eigenvalue weighted by Gasteiger charge is 2.52. The summed E-state index contributed by atoms with van der Waals surface area (Å²) < 4.78 is 80.3. The number of carbonyl (C=O) groups excluding carboxylic acids is 2. The fraction of sp³-hybridized carbons (Fsp3) is 0.259. The monoisotopic (exact) mass is 520 g/mol. The fourth-order valence-corrected chi connectivity index (χ4v) is 4.27. The van der Waals surface area contributed by atoms with Gasteiger partial charge in [-0.25, -0.2) is 9.69 Å². The highest BCUT2D eigenvalue weighted by Crippen LogP contribution is 2.41. The molecule has 0 spiro atoms. The van der Waals surface area contributed by atoms with E-state index in [1.54, 1.807) is 12.1 Å². The average molecular weight is 520 g/mol. The number of imide groups is 1. The maximum Gasteiger partial charge on any atom is 0.416 e. The van der Waals surface area contributed by atoms with Gasteiger partial charge in [0.15, 0.2) is 0 Å². The molecule has 4 rings (SSSR count). The average Bonchev–Trinajstić information content (AvgIpc) is 2.98. The molecule has 0 N–H and O–H groups in total. The molecule has 1 aliphatic heterocycles. The second-order valence-electron chi connectivity index (χ2n) is 9.26. The Kier molecular flexibility index (Phi) is 6.56. The van der Waals surface area contributed by atoms with E-state index in [1.165, 1.54) is 13.8 Å². The molecule has 0 aliphatic carbocycles. The third-order valence-electron chi connectivity index (χ3n) is 6.34. The lowest BCUT2D eigenvalue weighted by atomic mass is 9.97. The number of benzene rings is 3. The lowest BCUT2D eigenvalue weighted by Gasteiger charge is -2.28.